The lowest BCUT2D eigenvalue weighted by atomic mass is 10.1. The second kappa shape index (κ2) is 14.8. The van der Waals surface area contributed by atoms with Gasteiger partial charge in [-0.05, 0) is 30.7 Å². The topological polar surface area (TPSA) is 118 Å². The lowest BCUT2D eigenvalue weighted by Crippen LogP contribution is -2.48. The van der Waals surface area contributed by atoms with E-state index >= 15 is 0 Å². The summed E-state index contributed by atoms with van der Waals surface area (Å²) in [5, 5.41) is 2.22. The molecule has 0 aromatic carbocycles. The van der Waals surface area contributed by atoms with E-state index in [9.17, 15) is 43.9 Å². The minimum absolute atomic E-state index is 0.132. The number of nitrogens with one attached hydrogen (secondary N) is 1. The molecule has 0 bridgehead atoms. The van der Waals surface area contributed by atoms with Crippen LogP contribution < -0.4 is 5.32 Å². The zero-order valence-corrected chi connectivity index (χ0v) is 25.1. The van der Waals surface area contributed by atoms with Gasteiger partial charge in [-0.3, -0.25) is 14.8 Å². The van der Waals surface area contributed by atoms with Gasteiger partial charge in [0.1, 0.15) is 17.1 Å². The summed E-state index contributed by atoms with van der Waals surface area (Å²) in [5.74, 6) is -2.51. The Morgan fingerprint density at radius 2 is 1.59 bits per heavy atom. The lowest BCUT2D eigenvalue weighted by molar-refractivity contribution is -0.145. The molecule has 1 aliphatic rings. The summed E-state index contributed by atoms with van der Waals surface area (Å²) >= 11 is 0. The predicted octanol–water partition coefficient (Wildman–Crippen LogP) is 5.83. The molecule has 1 saturated heterocycles. The number of nitrogens with zero attached hydrogens (tertiary/aromatic N) is 5. The van der Waals surface area contributed by atoms with Gasteiger partial charge in [0, 0.05) is 49.5 Å². The molecule has 3 aromatic rings. The summed E-state index contributed by atoms with van der Waals surface area (Å²) in [6.45, 7) is 8.47. The Kier molecular flexibility index (Phi) is 12.3. The molecule has 1 amide bonds. The molecule has 1 N–H and O–H groups in total. The van der Waals surface area contributed by atoms with Crippen molar-refractivity contribution in [3.05, 3.63) is 66.1 Å². The number of sulfonamides is 1. The van der Waals surface area contributed by atoms with E-state index in [0.29, 0.717) is 10.5 Å². The fourth-order valence-corrected chi connectivity index (χ4v) is 5.93. The van der Waals surface area contributed by atoms with Gasteiger partial charge in [0.25, 0.3) is 0 Å². The number of carbonyl (C=O) groups is 1. The van der Waals surface area contributed by atoms with Crippen molar-refractivity contribution in [2.75, 3.05) is 0 Å². The molecule has 1 fully saturated rings. The third-order valence-electron chi connectivity index (χ3n) is 6.14. The van der Waals surface area contributed by atoms with E-state index in [-0.39, 0.29) is 16.2 Å². The molecule has 0 saturated carbocycles. The number of halogens is 7. The number of aromatic nitrogens is 4. The Bertz CT molecular complexity index is 1490. The number of hydrogen-bond donors (Lipinski definition) is 1. The molecule has 4 rings (SSSR count). The van der Waals surface area contributed by atoms with E-state index in [1.54, 1.807) is 0 Å². The van der Waals surface area contributed by atoms with Crippen LogP contribution in [-0.4, -0.2) is 56.8 Å². The van der Waals surface area contributed by atoms with Crippen LogP contribution in [0, 0.1) is 0 Å². The summed E-state index contributed by atoms with van der Waals surface area (Å²) in [7, 11) is -4.40. The second-order valence-electron chi connectivity index (χ2n) is 8.77. The van der Waals surface area contributed by atoms with Crippen molar-refractivity contribution in [3.63, 3.8) is 0 Å². The number of amides is 1. The van der Waals surface area contributed by atoms with E-state index in [4.69, 9.17) is 0 Å². The Balaban J connectivity index is 0.00000162. The Labute approximate surface area is 250 Å². The first-order chi connectivity index (χ1) is 20.6. The molecule has 4 heterocycles. The number of alkyl halides is 7. The summed E-state index contributed by atoms with van der Waals surface area (Å²) in [6, 6.07) is 0.591. The zero-order valence-electron chi connectivity index (χ0n) is 24.3. The van der Waals surface area contributed by atoms with E-state index in [2.05, 4.69) is 25.3 Å². The fourth-order valence-electron chi connectivity index (χ4n) is 4.15. The van der Waals surface area contributed by atoms with Crippen LogP contribution in [0.25, 0.3) is 11.3 Å². The highest BCUT2D eigenvalue weighted by atomic mass is 32.2. The third-order valence-corrected chi connectivity index (χ3v) is 8.12. The summed E-state index contributed by atoms with van der Waals surface area (Å²) < 4.78 is 121. The van der Waals surface area contributed by atoms with Crippen LogP contribution in [0.2, 0.25) is 0 Å². The van der Waals surface area contributed by atoms with E-state index in [0.717, 1.165) is 24.7 Å². The average molecular weight is 653 g/mol. The molecular weight excluding hydrogens is 621 g/mol. The molecule has 0 aliphatic carbocycles. The predicted molar refractivity (Wildman–Crippen MR) is 146 cm³/mol. The quantitative estimate of drug-likeness (QED) is 0.333. The smallest absolute Gasteiger partial charge is 0.351 e. The van der Waals surface area contributed by atoms with Crippen molar-refractivity contribution < 1.29 is 43.9 Å². The lowest BCUT2D eigenvalue weighted by Gasteiger charge is -2.26. The van der Waals surface area contributed by atoms with Crippen LogP contribution in [-0.2, 0) is 33.7 Å². The average Bonchev–Trinajstić information content (AvgIpc) is 3.31. The van der Waals surface area contributed by atoms with Crippen LogP contribution in [0.4, 0.5) is 30.7 Å². The van der Waals surface area contributed by atoms with E-state index in [1.165, 1.54) is 25.3 Å². The molecule has 1 unspecified atom stereocenters. The number of pyridine rings is 2. The van der Waals surface area contributed by atoms with Gasteiger partial charge in [0.2, 0.25) is 21.8 Å². The number of hydrogen-bond acceptors (Lipinski definition) is 7. The maximum atomic E-state index is 14.6. The first kappa shape index (κ1) is 36.5. The number of rotatable bonds is 6. The van der Waals surface area contributed by atoms with E-state index in [1.807, 2.05) is 27.7 Å². The Morgan fingerprint density at radius 1 is 0.977 bits per heavy atom. The van der Waals surface area contributed by atoms with Gasteiger partial charge in [-0.15, -0.1) is 0 Å². The SMILES string of the molecule is CC.CC.CC1[C@H](F)C[C@@H](C(=O)NCc2cc(-c3cnc(C(F)(F)F)nc3)ncc2C(F)(F)F)N1S(=O)(=O)c1cccnc1. The molecule has 0 spiro atoms. The molecule has 1 aliphatic heterocycles. The first-order valence-corrected chi connectivity index (χ1v) is 14.9. The highest BCUT2D eigenvalue weighted by Gasteiger charge is 2.49. The van der Waals surface area contributed by atoms with E-state index < -0.39 is 76.5 Å². The first-order valence-electron chi connectivity index (χ1n) is 13.4. The molecule has 44 heavy (non-hydrogen) atoms. The van der Waals surface area contributed by atoms with Crippen molar-refractivity contribution in [2.24, 2.45) is 0 Å². The molecule has 3 atom stereocenters. The highest BCUT2D eigenvalue weighted by molar-refractivity contribution is 7.89. The van der Waals surface area contributed by atoms with Crippen LogP contribution in [0.15, 0.2) is 54.1 Å². The molecule has 242 valence electrons. The van der Waals surface area contributed by atoms with Gasteiger partial charge in [0.05, 0.1) is 17.3 Å². The molecule has 9 nitrogen and oxygen atoms in total. The van der Waals surface area contributed by atoms with Crippen molar-refractivity contribution in [1.29, 1.82) is 0 Å². The minimum atomic E-state index is -4.93. The second-order valence-corrected chi connectivity index (χ2v) is 10.6. The molecular formula is C27H31F7N6O3S. The summed E-state index contributed by atoms with van der Waals surface area (Å²) in [6.07, 6.45) is -7.81. The third kappa shape index (κ3) is 8.25. The standard InChI is InChI=1S/C23H19F7N6O3S.2C2H6/c1-12-17(24)6-19(36(12)40(38,39)15-3-2-4-31-10-15)20(37)33-7-13-5-18(32-11-16(13)22(25,26)27)14-8-34-21(35-9-14)23(28,29)30;2*1-2/h2-5,8-12,17,19H,6-7H2,1H3,(H,33,37);2*1-2H3/t12?,17-,19+;;/m1../s1. The molecule has 3 aromatic heterocycles. The van der Waals surface area contributed by atoms with Gasteiger partial charge in [-0.2, -0.15) is 30.6 Å². The van der Waals surface area contributed by atoms with Gasteiger partial charge in [0.15, 0.2) is 0 Å². The Morgan fingerprint density at radius 3 is 2.11 bits per heavy atom. The summed E-state index contributed by atoms with van der Waals surface area (Å²) in [4.78, 5) is 26.4. The monoisotopic (exact) mass is 652 g/mol. The molecule has 17 heteroatoms. The Hall–Kier alpha value is -3.73. The van der Waals surface area contributed by atoms with Gasteiger partial charge in [-0.1, -0.05) is 27.7 Å². The van der Waals surface area contributed by atoms with Crippen LogP contribution in [0.3, 0.4) is 0 Å². The van der Waals surface area contributed by atoms with Gasteiger partial charge >= 0.3 is 12.4 Å². The summed E-state index contributed by atoms with van der Waals surface area (Å²) in [5.41, 5.74) is -2.14. The van der Waals surface area contributed by atoms with Crippen LogP contribution in [0.5, 0.6) is 0 Å². The largest absolute Gasteiger partial charge is 0.451 e. The maximum absolute atomic E-state index is 14.6. The van der Waals surface area contributed by atoms with Crippen LogP contribution >= 0.6 is 0 Å². The van der Waals surface area contributed by atoms with Crippen molar-refractivity contribution in [3.8, 4) is 11.3 Å². The normalized spacial score (nSPS) is 18.9. The van der Waals surface area contributed by atoms with Crippen molar-refractivity contribution >= 4 is 15.9 Å². The minimum Gasteiger partial charge on any atom is -0.351 e. The van der Waals surface area contributed by atoms with Gasteiger partial charge in [-0.25, -0.2) is 22.8 Å². The molecule has 0 radical (unpaired) electrons. The van der Waals surface area contributed by atoms with Crippen molar-refractivity contribution in [1.82, 2.24) is 29.6 Å². The fraction of sp³-hybridized carbons (Fsp3) is 0.444. The highest BCUT2D eigenvalue weighted by Crippen LogP contribution is 2.35. The van der Waals surface area contributed by atoms with Gasteiger partial charge < -0.3 is 5.32 Å². The zero-order chi connectivity index (χ0) is 33.5. The van der Waals surface area contributed by atoms with Crippen molar-refractivity contribution in [2.45, 2.75) is 83.1 Å². The maximum Gasteiger partial charge on any atom is 0.451 e. The van der Waals surface area contributed by atoms with Crippen LogP contribution in [0.1, 0.15) is 58.0 Å². The number of carbonyl (C=O) groups excluding carboxylic acids is 1.